The molecular formula is C20H25N5O. The van der Waals surface area contributed by atoms with Gasteiger partial charge in [-0.05, 0) is 50.4 Å². The summed E-state index contributed by atoms with van der Waals surface area (Å²) in [6.45, 7) is 9.14. The molecule has 0 radical (unpaired) electrons. The van der Waals surface area contributed by atoms with E-state index in [-0.39, 0.29) is 0 Å². The van der Waals surface area contributed by atoms with E-state index in [1.54, 1.807) is 0 Å². The molecule has 0 amide bonds. The first-order chi connectivity index (χ1) is 12.6. The first-order valence-corrected chi connectivity index (χ1v) is 9.23. The van der Waals surface area contributed by atoms with Crippen LogP contribution in [-0.2, 0) is 6.54 Å². The van der Waals surface area contributed by atoms with Crippen LogP contribution in [0.15, 0.2) is 35.1 Å². The van der Waals surface area contributed by atoms with E-state index in [2.05, 4.69) is 46.1 Å². The van der Waals surface area contributed by atoms with E-state index in [9.17, 15) is 0 Å². The fourth-order valence-corrected chi connectivity index (χ4v) is 4.03. The van der Waals surface area contributed by atoms with Gasteiger partial charge in [0.15, 0.2) is 5.82 Å². The second-order valence-corrected chi connectivity index (χ2v) is 7.29. The molecule has 1 saturated heterocycles. The Morgan fingerprint density at radius 3 is 2.85 bits per heavy atom. The third kappa shape index (κ3) is 3.42. The van der Waals surface area contributed by atoms with Crippen LogP contribution >= 0.6 is 0 Å². The van der Waals surface area contributed by atoms with Crippen molar-refractivity contribution >= 4 is 0 Å². The van der Waals surface area contributed by atoms with Crippen molar-refractivity contribution in [3.8, 4) is 5.69 Å². The average Bonchev–Trinajstić information content (AvgIpc) is 3.26. The van der Waals surface area contributed by atoms with Crippen LogP contribution in [0, 0.1) is 20.8 Å². The lowest BCUT2D eigenvalue weighted by Crippen LogP contribution is -2.34. The van der Waals surface area contributed by atoms with Crippen molar-refractivity contribution in [2.45, 2.75) is 46.1 Å². The van der Waals surface area contributed by atoms with Crippen molar-refractivity contribution in [2.75, 3.05) is 13.1 Å². The highest BCUT2D eigenvalue weighted by Gasteiger charge is 2.26. The van der Waals surface area contributed by atoms with E-state index in [4.69, 9.17) is 4.52 Å². The third-order valence-electron chi connectivity index (χ3n) is 5.07. The Labute approximate surface area is 153 Å². The molecule has 26 heavy (non-hydrogen) atoms. The molecule has 1 aromatic carbocycles. The Hall–Kier alpha value is -2.47. The zero-order valence-electron chi connectivity index (χ0n) is 15.6. The first kappa shape index (κ1) is 17.0. The average molecular weight is 351 g/mol. The summed E-state index contributed by atoms with van der Waals surface area (Å²) in [4.78, 5) is 6.94. The molecule has 0 saturated carbocycles. The Bertz CT molecular complexity index is 884. The molecule has 136 valence electrons. The highest BCUT2D eigenvalue weighted by Crippen LogP contribution is 2.28. The van der Waals surface area contributed by atoms with E-state index >= 15 is 0 Å². The van der Waals surface area contributed by atoms with Crippen molar-refractivity contribution in [2.24, 2.45) is 0 Å². The highest BCUT2D eigenvalue weighted by atomic mass is 16.5. The minimum absolute atomic E-state index is 0.347. The van der Waals surface area contributed by atoms with E-state index in [1.165, 1.54) is 22.4 Å². The van der Waals surface area contributed by atoms with Crippen LogP contribution in [0.4, 0.5) is 0 Å². The Balaban J connectivity index is 1.59. The zero-order valence-corrected chi connectivity index (χ0v) is 15.6. The molecule has 6 nitrogen and oxygen atoms in total. The number of rotatable bonds is 4. The molecule has 1 atom stereocenters. The van der Waals surface area contributed by atoms with Crippen LogP contribution in [0.3, 0.4) is 0 Å². The normalized spacial score (nSPS) is 18.3. The fourth-order valence-electron chi connectivity index (χ4n) is 4.03. The first-order valence-electron chi connectivity index (χ1n) is 9.23. The van der Waals surface area contributed by atoms with Crippen molar-refractivity contribution in [1.29, 1.82) is 0 Å². The van der Waals surface area contributed by atoms with Crippen LogP contribution in [0.1, 0.15) is 47.2 Å². The summed E-state index contributed by atoms with van der Waals surface area (Å²) in [7, 11) is 0. The van der Waals surface area contributed by atoms with Gasteiger partial charge in [0.2, 0.25) is 5.89 Å². The summed E-state index contributed by atoms with van der Waals surface area (Å²) < 4.78 is 7.16. The predicted molar refractivity (Wildman–Crippen MR) is 99.3 cm³/mol. The maximum Gasteiger partial charge on any atom is 0.223 e. The van der Waals surface area contributed by atoms with Crippen LogP contribution < -0.4 is 0 Å². The summed E-state index contributed by atoms with van der Waals surface area (Å²) >= 11 is 0. The fraction of sp³-hybridized carbons (Fsp3) is 0.450. The van der Waals surface area contributed by atoms with Gasteiger partial charge in [0.05, 0.1) is 5.69 Å². The van der Waals surface area contributed by atoms with Crippen LogP contribution in [0.25, 0.3) is 5.69 Å². The van der Waals surface area contributed by atoms with Gasteiger partial charge in [-0.1, -0.05) is 22.9 Å². The maximum atomic E-state index is 5.18. The van der Waals surface area contributed by atoms with E-state index < -0.39 is 0 Å². The molecule has 1 fully saturated rings. The number of nitrogens with zero attached hydrogens (tertiary/aromatic N) is 5. The van der Waals surface area contributed by atoms with Crippen molar-refractivity contribution in [1.82, 2.24) is 24.8 Å². The maximum absolute atomic E-state index is 5.18. The van der Waals surface area contributed by atoms with Gasteiger partial charge in [-0.15, -0.1) is 0 Å². The number of likely N-dealkylation sites (tertiary alicyclic amines) is 1. The number of aryl methyl sites for hydroxylation is 3. The summed E-state index contributed by atoms with van der Waals surface area (Å²) in [5.41, 5.74) is 5.05. The molecule has 0 aliphatic carbocycles. The minimum Gasteiger partial charge on any atom is -0.340 e. The largest absolute Gasteiger partial charge is 0.340 e. The van der Waals surface area contributed by atoms with E-state index in [0.717, 1.165) is 38.3 Å². The summed E-state index contributed by atoms with van der Waals surface area (Å²) in [6.07, 6.45) is 6.12. The van der Waals surface area contributed by atoms with Crippen molar-refractivity contribution in [3.05, 3.63) is 59.0 Å². The topological polar surface area (TPSA) is 60.0 Å². The van der Waals surface area contributed by atoms with Gasteiger partial charge >= 0.3 is 0 Å². The Morgan fingerprint density at radius 2 is 2.12 bits per heavy atom. The van der Waals surface area contributed by atoms with Crippen LogP contribution in [0.2, 0.25) is 0 Å². The summed E-state index contributed by atoms with van der Waals surface area (Å²) in [5, 5.41) is 8.60. The van der Waals surface area contributed by atoms with Gasteiger partial charge in [0, 0.05) is 38.3 Å². The lowest BCUT2D eigenvalue weighted by atomic mass is 9.96. The minimum atomic E-state index is 0.347. The Morgan fingerprint density at radius 1 is 1.23 bits per heavy atom. The quantitative estimate of drug-likeness (QED) is 0.719. The van der Waals surface area contributed by atoms with Crippen LogP contribution in [-0.4, -0.2) is 37.9 Å². The molecule has 0 bridgehead atoms. The molecule has 0 N–H and O–H groups in total. The number of piperidine rings is 1. The lowest BCUT2D eigenvalue weighted by Gasteiger charge is -2.32. The molecule has 0 spiro atoms. The molecule has 3 aromatic rings. The number of hydrogen-bond acceptors (Lipinski definition) is 5. The standard InChI is InChI=1S/C20H25N5O/c1-14-10-15(2)19(25-9-5-7-21-25)18(11-14)13-24-8-4-6-17(12-24)20-22-16(3)26-23-20/h5,7,9-11,17H,4,6,8,12-13H2,1-3H3/t17-/m0/s1. The zero-order chi connectivity index (χ0) is 18.1. The molecule has 1 aliphatic rings. The van der Waals surface area contributed by atoms with Crippen LogP contribution in [0.5, 0.6) is 0 Å². The molecule has 3 heterocycles. The predicted octanol–water partition coefficient (Wildman–Crippen LogP) is 3.56. The van der Waals surface area contributed by atoms with E-state index in [0.29, 0.717) is 11.8 Å². The van der Waals surface area contributed by atoms with Gasteiger partial charge in [-0.2, -0.15) is 10.1 Å². The summed E-state index contributed by atoms with van der Waals surface area (Å²) in [6, 6.07) is 6.48. The SMILES string of the molecule is Cc1cc(C)c(-n2cccn2)c(CN2CCC[C@H](c3noc(C)n3)C2)c1. The molecule has 4 rings (SSSR count). The molecule has 1 aliphatic heterocycles. The van der Waals surface area contributed by atoms with Gasteiger partial charge in [-0.25, -0.2) is 4.68 Å². The molecule has 2 aromatic heterocycles. The van der Waals surface area contributed by atoms with Gasteiger partial charge < -0.3 is 4.52 Å². The number of aromatic nitrogens is 4. The number of benzene rings is 1. The van der Waals surface area contributed by atoms with Crippen molar-refractivity contribution < 1.29 is 4.52 Å². The monoisotopic (exact) mass is 351 g/mol. The Kier molecular flexibility index (Phi) is 4.59. The second kappa shape index (κ2) is 7.03. The second-order valence-electron chi connectivity index (χ2n) is 7.29. The van der Waals surface area contributed by atoms with Gasteiger partial charge in [0.25, 0.3) is 0 Å². The molecule has 0 unspecified atom stereocenters. The number of hydrogen-bond donors (Lipinski definition) is 0. The smallest absolute Gasteiger partial charge is 0.223 e. The third-order valence-corrected chi connectivity index (χ3v) is 5.07. The van der Waals surface area contributed by atoms with Gasteiger partial charge in [-0.3, -0.25) is 4.90 Å². The van der Waals surface area contributed by atoms with Crippen molar-refractivity contribution in [3.63, 3.8) is 0 Å². The van der Waals surface area contributed by atoms with Gasteiger partial charge in [0.1, 0.15) is 0 Å². The van der Waals surface area contributed by atoms with E-state index in [1.807, 2.05) is 30.1 Å². The molecule has 6 heteroatoms. The highest BCUT2D eigenvalue weighted by molar-refractivity contribution is 5.49. The summed E-state index contributed by atoms with van der Waals surface area (Å²) in [5.74, 6) is 1.84. The lowest BCUT2D eigenvalue weighted by molar-refractivity contribution is 0.194. The molecular weight excluding hydrogens is 326 g/mol.